The minimum absolute atomic E-state index is 0.138. The van der Waals surface area contributed by atoms with Gasteiger partial charge in [0, 0.05) is 20.7 Å². The van der Waals surface area contributed by atoms with Crippen LogP contribution in [0.15, 0.2) is 76.1 Å². The summed E-state index contributed by atoms with van der Waals surface area (Å²) >= 11 is 9.02. The lowest BCUT2D eigenvalue weighted by atomic mass is 10.2. The maximum atomic E-state index is 14.4. The Kier molecular flexibility index (Phi) is 6.02. The van der Waals surface area contributed by atoms with Gasteiger partial charge in [0.05, 0.1) is 10.6 Å². The van der Waals surface area contributed by atoms with Crippen molar-refractivity contribution in [2.24, 2.45) is 0 Å². The summed E-state index contributed by atoms with van der Waals surface area (Å²) < 4.78 is 42.4. The highest BCUT2D eigenvalue weighted by atomic mass is 79.9. The van der Waals surface area contributed by atoms with E-state index < -0.39 is 21.7 Å². The van der Waals surface area contributed by atoms with E-state index in [1.807, 2.05) is 0 Å². The van der Waals surface area contributed by atoms with Gasteiger partial charge in [-0.1, -0.05) is 33.6 Å². The molecule has 0 unspecified atom stereocenters. The van der Waals surface area contributed by atoms with Gasteiger partial charge in [0.15, 0.2) is 0 Å². The van der Waals surface area contributed by atoms with Crippen LogP contribution >= 0.6 is 27.5 Å². The average molecular weight is 484 g/mol. The Morgan fingerprint density at radius 1 is 1.00 bits per heavy atom. The highest BCUT2D eigenvalue weighted by molar-refractivity contribution is 9.10. The first kappa shape index (κ1) is 20.3. The number of carbonyl (C=O) groups excluding carboxylic acids is 1. The fraction of sp³-hybridized carbons (Fsp3) is 0. The van der Waals surface area contributed by atoms with Crippen LogP contribution in [0.4, 0.5) is 15.8 Å². The molecule has 3 rings (SSSR count). The maximum absolute atomic E-state index is 14.4. The highest BCUT2D eigenvalue weighted by Crippen LogP contribution is 2.23. The van der Waals surface area contributed by atoms with E-state index in [9.17, 15) is 17.6 Å². The van der Waals surface area contributed by atoms with Crippen molar-refractivity contribution in [3.05, 3.63) is 87.6 Å². The van der Waals surface area contributed by atoms with E-state index in [1.54, 1.807) is 24.3 Å². The van der Waals surface area contributed by atoms with Crippen molar-refractivity contribution in [1.82, 2.24) is 0 Å². The molecule has 3 aromatic rings. The number of hydrogen-bond acceptors (Lipinski definition) is 3. The molecule has 0 aliphatic rings. The molecule has 0 fully saturated rings. The summed E-state index contributed by atoms with van der Waals surface area (Å²) in [5.41, 5.74) is 0.480. The standard InChI is InChI=1S/C19H13BrClFN2O3S/c20-13-2-1-3-15(10-13)24-28(26,27)16-8-9-18(17(22)11-16)23-19(25)12-4-6-14(21)7-5-12/h1-11,24H,(H,23,25). The number of amides is 1. The van der Waals surface area contributed by atoms with Gasteiger partial charge in [-0.2, -0.15) is 0 Å². The molecule has 5 nitrogen and oxygen atoms in total. The summed E-state index contributed by atoms with van der Waals surface area (Å²) in [4.78, 5) is 11.9. The smallest absolute Gasteiger partial charge is 0.261 e. The monoisotopic (exact) mass is 482 g/mol. The summed E-state index contributed by atoms with van der Waals surface area (Å²) in [6, 6.07) is 15.9. The average Bonchev–Trinajstić information content (AvgIpc) is 2.63. The van der Waals surface area contributed by atoms with Crippen LogP contribution < -0.4 is 10.0 Å². The fourth-order valence-corrected chi connectivity index (χ4v) is 3.91. The first-order chi connectivity index (χ1) is 13.2. The van der Waals surface area contributed by atoms with Gasteiger partial charge in [0.25, 0.3) is 15.9 Å². The minimum Gasteiger partial charge on any atom is -0.319 e. The van der Waals surface area contributed by atoms with E-state index in [0.29, 0.717) is 15.2 Å². The minimum atomic E-state index is -3.99. The molecule has 0 spiro atoms. The quantitative estimate of drug-likeness (QED) is 0.517. The van der Waals surface area contributed by atoms with Crippen LogP contribution in [0.25, 0.3) is 0 Å². The number of sulfonamides is 1. The van der Waals surface area contributed by atoms with Crippen LogP contribution in [0.2, 0.25) is 5.02 Å². The molecule has 0 aliphatic heterocycles. The van der Waals surface area contributed by atoms with Crippen LogP contribution in [0.3, 0.4) is 0 Å². The van der Waals surface area contributed by atoms with Gasteiger partial charge in [-0.25, -0.2) is 12.8 Å². The topological polar surface area (TPSA) is 75.3 Å². The van der Waals surface area contributed by atoms with E-state index in [-0.39, 0.29) is 16.1 Å². The lowest BCUT2D eigenvalue weighted by molar-refractivity contribution is 0.102. The largest absolute Gasteiger partial charge is 0.319 e. The van der Waals surface area contributed by atoms with Crippen molar-refractivity contribution in [2.45, 2.75) is 4.90 Å². The van der Waals surface area contributed by atoms with Gasteiger partial charge in [0.1, 0.15) is 5.82 Å². The maximum Gasteiger partial charge on any atom is 0.261 e. The molecule has 0 aromatic heterocycles. The SMILES string of the molecule is O=C(Nc1ccc(S(=O)(=O)Nc2cccc(Br)c2)cc1F)c1ccc(Cl)cc1. The lowest BCUT2D eigenvalue weighted by Crippen LogP contribution is -2.15. The zero-order chi connectivity index (χ0) is 20.3. The van der Waals surface area contributed by atoms with E-state index in [0.717, 1.165) is 6.07 Å². The second-order valence-electron chi connectivity index (χ2n) is 5.72. The van der Waals surface area contributed by atoms with Crippen LogP contribution in [-0.4, -0.2) is 14.3 Å². The van der Waals surface area contributed by atoms with E-state index >= 15 is 0 Å². The molecule has 0 radical (unpaired) electrons. The van der Waals surface area contributed by atoms with Crippen LogP contribution in [0, 0.1) is 5.82 Å². The Hall–Kier alpha value is -2.42. The molecule has 0 aliphatic carbocycles. The lowest BCUT2D eigenvalue weighted by Gasteiger charge is -2.11. The first-order valence-electron chi connectivity index (χ1n) is 7.89. The second kappa shape index (κ2) is 8.30. The molecule has 144 valence electrons. The van der Waals surface area contributed by atoms with Gasteiger partial charge < -0.3 is 5.32 Å². The van der Waals surface area contributed by atoms with Gasteiger partial charge in [-0.15, -0.1) is 0 Å². The summed E-state index contributed by atoms with van der Waals surface area (Å²) in [5, 5.41) is 2.87. The number of rotatable bonds is 5. The Morgan fingerprint density at radius 3 is 2.36 bits per heavy atom. The van der Waals surface area contributed by atoms with Crippen molar-refractivity contribution in [1.29, 1.82) is 0 Å². The van der Waals surface area contributed by atoms with Crippen molar-refractivity contribution in [3.63, 3.8) is 0 Å². The molecule has 1 amide bonds. The number of benzene rings is 3. The zero-order valence-corrected chi connectivity index (χ0v) is 17.3. The molecular formula is C19H13BrClFN2O3S. The Labute approximate surface area is 174 Å². The van der Waals surface area contributed by atoms with Gasteiger partial charge in [0.2, 0.25) is 0 Å². The van der Waals surface area contributed by atoms with Gasteiger partial charge in [-0.05, 0) is 60.7 Å². The van der Waals surface area contributed by atoms with E-state index in [2.05, 4.69) is 26.0 Å². The van der Waals surface area contributed by atoms with Crippen LogP contribution in [-0.2, 0) is 10.0 Å². The number of halogens is 3. The van der Waals surface area contributed by atoms with Crippen molar-refractivity contribution in [2.75, 3.05) is 10.0 Å². The molecule has 9 heteroatoms. The molecule has 28 heavy (non-hydrogen) atoms. The third kappa shape index (κ3) is 4.89. The normalized spacial score (nSPS) is 11.1. The zero-order valence-electron chi connectivity index (χ0n) is 14.1. The Morgan fingerprint density at radius 2 is 1.71 bits per heavy atom. The molecule has 0 heterocycles. The molecule has 2 N–H and O–H groups in total. The molecule has 0 bridgehead atoms. The number of carbonyl (C=O) groups is 1. The molecule has 0 atom stereocenters. The predicted octanol–water partition coefficient (Wildman–Crippen LogP) is 5.29. The molecule has 0 saturated carbocycles. The summed E-state index contributed by atoms with van der Waals surface area (Å²) in [6.07, 6.45) is 0. The van der Waals surface area contributed by atoms with Crippen molar-refractivity contribution < 1.29 is 17.6 Å². The number of hydrogen-bond donors (Lipinski definition) is 2. The summed E-state index contributed by atoms with van der Waals surface area (Å²) in [7, 11) is -3.99. The number of nitrogens with one attached hydrogen (secondary N) is 2. The summed E-state index contributed by atoms with van der Waals surface area (Å²) in [6.45, 7) is 0. The second-order valence-corrected chi connectivity index (χ2v) is 8.75. The van der Waals surface area contributed by atoms with Crippen LogP contribution in [0.1, 0.15) is 10.4 Å². The van der Waals surface area contributed by atoms with E-state index in [4.69, 9.17) is 11.6 Å². The first-order valence-corrected chi connectivity index (χ1v) is 10.5. The Bertz CT molecular complexity index is 1140. The van der Waals surface area contributed by atoms with Crippen LogP contribution in [0.5, 0.6) is 0 Å². The van der Waals surface area contributed by atoms with Gasteiger partial charge in [-0.3, -0.25) is 9.52 Å². The van der Waals surface area contributed by atoms with Crippen molar-refractivity contribution in [3.8, 4) is 0 Å². The molecule has 3 aromatic carbocycles. The third-order valence-corrected chi connectivity index (χ3v) is 5.81. The fourth-order valence-electron chi connectivity index (χ4n) is 2.33. The van der Waals surface area contributed by atoms with Gasteiger partial charge >= 0.3 is 0 Å². The number of anilines is 2. The highest BCUT2D eigenvalue weighted by Gasteiger charge is 2.18. The predicted molar refractivity (Wildman–Crippen MR) is 111 cm³/mol. The summed E-state index contributed by atoms with van der Waals surface area (Å²) in [5.74, 6) is -1.42. The Balaban J connectivity index is 1.79. The molecular weight excluding hydrogens is 471 g/mol. The van der Waals surface area contributed by atoms with E-state index in [1.165, 1.54) is 36.4 Å². The third-order valence-electron chi connectivity index (χ3n) is 3.68. The van der Waals surface area contributed by atoms with Crippen molar-refractivity contribution >= 4 is 54.8 Å². The molecule has 0 saturated heterocycles.